The molecule has 1 aliphatic carbocycles. The summed E-state index contributed by atoms with van der Waals surface area (Å²) in [6, 6.07) is 0. The average Bonchev–Trinajstić information content (AvgIpc) is 1.77. The maximum atomic E-state index is 10.7. The first-order valence-electron chi connectivity index (χ1n) is 3.18. The van der Waals surface area contributed by atoms with Crippen molar-refractivity contribution in [2.45, 2.75) is 26.2 Å². The maximum absolute atomic E-state index is 10.7. The summed E-state index contributed by atoms with van der Waals surface area (Å²) in [5.74, 6) is 0.653. The van der Waals surface area contributed by atoms with E-state index in [-0.39, 0.29) is 51.4 Å². The van der Waals surface area contributed by atoms with E-state index in [1.807, 2.05) is 13.0 Å². The fraction of sp³-hybridized carbons (Fsp3) is 0.714. The van der Waals surface area contributed by atoms with Crippen LogP contribution in [0.25, 0.3) is 0 Å². The summed E-state index contributed by atoms with van der Waals surface area (Å²) < 4.78 is 0. The van der Waals surface area contributed by atoms with Crippen LogP contribution in [-0.2, 0) is 0 Å². The van der Waals surface area contributed by atoms with Gasteiger partial charge in [0.25, 0.3) is 0 Å². The summed E-state index contributed by atoms with van der Waals surface area (Å²) in [5, 5.41) is 10.7. The van der Waals surface area contributed by atoms with E-state index in [0.717, 1.165) is 12.8 Å². The number of hydrogen-bond acceptors (Lipinski definition) is 1. The molecule has 1 aliphatic rings. The normalized spacial score (nSPS) is 26.3. The van der Waals surface area contributed by atoms with Gasteiger partial charge in [-0.2, -0.15) is 0 Å². The Morgan fingerprint density at radius 3 is 2.67 bits per heavy atom. The Morgan fingerprint density at radius 2 is 2.33 bits per heavy atom. The molecular weight excluding hydrogens is 139 g/mol. The van der Waals surface area contributed by atoms with Crippen molar-refractivity contribution >= 4 is 0 Å². The van der Waals surface area contributed by atoms with Crippen molar-refractivity contribution in [2.24, 2.45) is 5.92 Å². The van der Waals surface area contributed by atoms with E-state index in [9.17, 15) is 5.11 Å². The zero-order valence-electron chi connectivity index (χ0n) is 6.18. The Labute approximate surface area is 99.0 Å². The van der Waals surface area contributed by atoms with Crippen LogP contribution in [0.3, 0.4) is 0 Å². The van der Waals surface area contributed by atoms with Crippen molar-refractivity contribution in [1.29, 1.82) is 0 Å². The maximum Gasteiger partial charge on any atom is 1.00 e. The average molecular weight is 150 g/mol. The second-order valence-corrected chi connectivity index (χ2v) is 2.44. The predicted octanol–water partition coefficient (Wildman–Crippen LogP) is -1.95. The standard InChI is InChI=1S/C7H12O.K/c1-6-4-2-3-5-7(6)8;/h5-6,8H,2-4H2,1H3;/q;+1/p-1. The van der Waals surface area contributed by atoms with Gasteiger partial charge in [0.2, 0.25) is 0 Å². The van der Waals surface area contributed by atoms with Gasteiger partial charge in [-0.3, -0.25) is 0 Å². The van der Waals surface area contributed by atoms with Crippen LogP contribution in [-0.4, -0.2) is 0 Å². The Balaban J connectivity index is 0.000000640. The predicted molar refractivity (Wildman–Crippen MR) is 31.1 cm³/mol. The van der Waals surface area contributed by atoms with E-state index in [1.54, 1.807) is 0 Å². The van der Waals surface area contributed by atoms with Gasteiger partial charge < -0.3 is 5.11 Å². The van der Waals surface area contributed by atoms with Gasteiger partial charge in [-0.25, -0.2) is 0 Å². The zero-order valence-corrected chi connectivity index (χ0v) is 9.31. The fourth-order valence-electron chi connectivity index (χ4n) is 1.01. The van der Waals surface area contributed by atoms with Crippen LogP contribution in [0.15, 0.2) is 11.8 Å². The summed E-state index contributed by atoms with van der Waals surface area (Å²) >= 11 is 0. The third-order valence-electron chi connectivity index (χ3n) is 1.67. The van der Waals surface area contributed by atoms with Crippen LogP contribution in [0.4, 0.5) is 0 Å². The van der Waals surface area contributed by atoms with E-state index in [1.165, 1.54) is 6.42 Å². The molecule has 1 unspecified atom stereocenters. The van der Waals surface area contributed by atoms with Crippen LogP contribution in [0.2, 0.25) is 0 Å². The molecule has 0 saturated carbocycles. The molecule has 0 heterocycles. The van der Waals surface area contributed by atoms with Crippen molar-refractivity contribution in [3.8, 4) is 0 Å². The van der Waals surface area contributed by atoms with E-state index < -0.39 is 0 Å². The van der Waals surface area contributed by atoms with Crippen molar-refractivity contribution < 1.29 is 56.5 Å². The quantitative estimate of drug-likeness (QED) is 0.368. The Bertz CT molecular complexity index is 109. The second kappa shape index (κ2) is 4.91. The molecule has 0 N–H and O–H groups in total. The van der Waals surface area contributed by atoms with Gasteiger partial charge in [-0.05, 0) is 25.2 Å². The van der Waals surface area contributed by atoms with Crippen molar-refractivity contribution in [3.63, 3.8) is 0 Å². The van der Waals surface area contributed by atoms with Crippen LogP contribution in [0, 0.1) is 5.92 Å². The van der Waals surface area contributed by atoms with Crippen LogP contribution < -0.4 is 56.5 Å². The summed E-state index contributed by atoms with van der Waals surface area (Å²) in [6.07, 6.45) is 5.11. The van der Waals surface area contributed by atoms with Gasteiger partial charge in [0.05, 0.1) is 0 Å². The molecule has 0 fully saturated rings. The number of rotatable bonds is 0. The first-order chi connectivity index (χ1) is 3.80. The number of hydrogen-bond donors (Lipinski definition) is 0. The van der Waals surface area contributed by atoms with Crippen molar-refractivity contribution in [2.75, 3.05) is 0 Å². The van der Waals surface area contributed by atoms with Gasteiger partial charge in [-0.1, -0.05) is 13.0 Å². The summed E-state index contributed by atoms with van der Waals surface area (Å²) in [5.41, 5.74) is 0. The molecule has 0 amide bonds. The molecule has 46 valence electrons. The molecule has 0 spiro atoms. The molecule has 0 aromatic rings. The third-order valence-corrected chi connectivity index (χ3v) is 1.67. The molecule has 1 rings (SSSR count). The zero-order chi connectivity index (χ0) is 5.98. The molecule has 2 heteroatoms. The molecule has 0 aromatic heterocycles. The smallest absolute Gasteiger partial charge is 0.875 e. The van der Waals surface area contributed by atoms with E-state index >= 15 is 0 Å². The second-order valence-electron chi connectivity index (χ2n) is 2.44. The molecule has 0 radical (unpaired) electrons. The Kier molecular flexibility index (Phi) is 5.55. The molecule has 9 heavy (non-hydrogen) atoms. The topological polar surface area (TPSA) is 23.1 Å². The fourth-order valence-corrected chi connectivity index (χ4v) is 1.01. The molecule has 0 aromatic carbocycles. The first-order valence-corrected chi connectivity index (χ1v) is 3.18. The van der Waals surface area contributed by atoms with Gasteiger partial charge in [-0.15, -0.1) is 5.76 Å². The van der Waals surface area contributed by atoms with Gasteiger partial charge >= 0.3 is 51.4 Å². The molecular formula is C7H11KO. The minimum absolute atomic E-state index is 0. The Hall–Kier alpha value is 1.18. The van der Waals surface area contributed by atoms with Crippen LogP contribution in [0.1, 0.15) is 26.2 Å². The summed E-state index contributed by atoms with van der Waals surface area (Å²) in [6.45, 7) is 2.00. The summed E-state index contributed by atoms with van der Waals surface area (Å²) in [7, 11) is 0. The van der Waals surface area contributed by atoms with E-state index in [0.29, 0.717) is 11.7 Å². The molecule has 0 aliphatic heterocycles. The Morgan fingerprint density at radius 1 is 1.67 bits per heavy atom. The molecule has 1 atom stereocenters. The van der Waals surface area contributed by atoms with Crippen molar-refractivity contribution in [3.05, 3.63) is 11.8 Å². The molecule has 0 bridgehead atoms. The van der Waals surface area contributed by atoms with Crippen LogP contribution in [0.5, 0.6) is 0 Å². The van der Waals surface area contributed by atoms with Crippen molar-refractivity contribution in [1.82, 2.24) is 0 Å². The van der Waals surface area contributed by atoms with Gasteiger partial charge in [0.1, 0.15) is 0 Å². The molecule has 0 saturated heterocycles. The van der Waals surface area contributed by atoms with Gasteiger partial charge in [0, 0.05) is 0 Å². The third kappa shape index (κ3) is 3.19. The summed E-state index contributed by atoms with van der Waals surface area (Å²) in [4.78, 5) is 0. The van der Waals surface area contributed by atoms with E-state index in [4.69, 9.17) is 0 Å². The SMILES string of the molecule is CC1CCCC=C1[O-].[K+]. The first kappa shape index (κ1) is 10.2. The minimum Gasteiger partial charge on any atom is -0.875 e. The minimum atomic E-state index is 0. The molecule has 1 nitrogen and oxygen atoms in total. The monoisotopic (exact) mass is 150 g/mol. The van der Waals surface area contributed by atoms with Crippen LogP contribution >= 0.6 is 0 Å². The largest absolute Gasteiger partial charge is 1.00 e. The van der Waals surface area contributed by atoms with E-state index in [2.05, 4.69) is 0 Å². The number of allylic oxidation sites excluding steroid dienone is 2. The van der Waals surface area contributed by atoms with Gasteiger partial charge in [0.15, 0.2) is 0 Å².